The van der Waals surface area contributed by atoms with Crippen LogP contribution < -0.4 is 5.32 Å². The van der Waals surface area contributed by atoms with Crippen molar-refractivity contribution in [3.63, 3.8) is 0 Å². The van der Waals surface area contributed by atoms with E-state index in [0.717, 1.165) is 51.4 Å². The molecule has 0 aromatic heterocycles. The van der Waals surface area contributed by atoms with Crippen LogP contribution in [0.5, 0.6) is 0 Å². The number of allylic oxidation sites excluding steroid dienone is 6. The maximum atomic E-state index is 12.5. The predicted octanol–water partition coefficient (Wildman–Crippen LogP) is 21.1. The van der Waals surface area contributed by atoms with Crippen LogP contribution in [-0.2, 0) is 14.3 Å². The molecule has 1 amide bonds. The zero-order valence-electron chi connectivity index (χ0n) is 49.8. The first kappa shape index (κ1) is 72.1. The van der Waals surface area contributed by atoms with Crippen LogP contribution in [0, 0.1) is 0 Å². The molecule has 0 aliphatic carbocycles. The molecule has 0 heterocycles. The van der Waals surface area contributed by atoms with Crippen molar-refractivity contribution in [3.05, 3.63) is 36.5 Å². The van der Waals surface area contributed by atoms with Crippen LogP contribution in [0.3, 0.4) is 0 Å². The van der Waals surface area contributed by atoms with Crippen LogP contribution in [0.2, 0.25) is 0 Å². The average molecular weight is 1040 g/mol. The number of amides is 1. The topological polar surface area (TPSA) is 95.9 Å². The van der Waals surface area contributed by atoms with E-state index in [-0.39, 0.29) is 18.5 Å². The number of esters is 1. The fraction of sp³-hybridized carbons (Fsp3) is 0.882. The molecule has 0 saturated carbocycles. The minimum atomic E-state index is -0.668. The number of aliphatic hydroxyl groups excluding tert-OH is 2. The summed E-state index contributed by atoms with van der Waals surface area (Å²) in [4.78, 5) is 24.6. The van der Waals surface area contributed by atoms with Crippen molar-refractivity contribution in [1.82, 2.24) is 5.32 Å². The zero-order chi connectivity index (χ0) is 53.6. The van der Waals surface area contributed by atoms with Crippen molar-refractivity contribution in [3.8, 4) is 0 Å². The summed E-state index contributed by atoms with van der Waals surface area (Å²) >= 11 is 0. The van der Waals surface area contributed by atoms with Crippen molar-refractivity contribution in [1.29, 1.82) is 0 Å². The van der Waals surface area contributed by atoms with Crippen molar-refractivity contribution >= 4 is 11.9 Å². The van der Waals surface area contributed by atoms with Gasteiger partial charge >= 0.3 is 5.97 Å². The van der Waals surface area contributed by atoms with Gasteiger partial charge in [0.1, 0.15) is 0 Å². The Morgan fingerprint density at radius 1 is 0.378 bits per heavy atom. The molecule has 0 rings (SSSR count). The summed E-state index contributed by atoms with van der Waals surface area (Å²) in [6, 6.07) is -0.546. The zero-order valence-corrected chi connectivity index (χ0v) is 49.8. The van der Waals surface area contributed by atoms with Crippen molar-refractivity contribution in [2.24, 2.45) is 0 Å². The number of unbranched alkanes of at least 4 members (excludes halogenated alkanes) is 45. The average Bonchev–Trinajstić information content (AvgIpc) is 3.40. The molecule has 0 aromatic rings. The molecule has 6 nitrogen and oxygen atoms in total. The van der Waals surface area contributed by atoms with Gasteiger partial charge in [-0.05, 0) is 83.5 Å². The Bertz CT molecular complexity index is 1200. The molecule has 436 valence electrons. The standard InChI is InChI=1S/C68H129NO5/c1-3-5-7-9-11-13-15-17-19-20-31-34-38-42-46-50-54-58-62-68(73)74-63-59-55-51-47-43-39-35-32-29-27-25-23-21-22-24-26-28-30-33-37-41-45-49-53-57-61-67(72)69-65(64-70)66(71)60-56-52-48-44-40-36-18-16-14-12-10-8-6-4-2/h19-20,22-25,65-66,70-71H,3-18,21,26-64H2,1-2H3,(H,69,72)/b20-19-,24-22-,25-23-. The Morgan fingerprint density at radius 3 is 1.04 bits per heavy atom. The van der Waals surface area contributed by atoms with Gasteiger partial charge in [-0.25, -0.2) is 0 Å². The van der Waals surface area contributed by atoms with E-state index in [1.165, 1.54) is 276 Å². The van der Waals surface area contributed by atoms with Crippen LogP contribution in [-0.4, -0.2) is 47.4 Å². The molecule has 0 aliphatic heterocycles. The second-order valence-electron chi connectivity index (χ2n) is 22.8. The molecule has 0 radical (unpaired) electrons. The van der Waals surface area contributed by atoms with Crippen LogP contribution in [0.1, 0.15) is 361 Å². The molecule has 0 spiro atoms. The highest BCUT2D eigenvalue weighted by Gasteiger charge is 2.20. The van der Waals surface area contributed by atoms with E-state index in [1.807, 2.05) is 0 Å². The van der Waals surface area contributed by atoms with E-state index >= 15 is 0 Å². The lowest BCUT2D eigenvalue weighted by molar-refractivity contribution is -0.143. The van der Waals surface area contributed by atoms with Gasteiger partial charge in [0.05, 0.1) is 25.4 Å². The molecular formula is C68H129NO5. The summed E-state index contributed by atoms with van der Waals surface area (Å²) in [5.74, 6) is -0.0334. The third-order valence-electron chi connectivity index (χ3n) is 15.4. The van der Waals surface area contributed by atoms with E-state index in [0.29, 0.717) is 25.9 Å². The SMILES string of the molecule is CCCCCCCCC/C=C\CCCCCCCCCC(=O)OCCCCCCCCCCC/C=C\C/C=C\CCCCCCCCCCCC(=O)NC(CO)C(O)CCCCCCCCCCCCCCCC. The second kappa shape index (κ2) is 63.6. The Kier molecular flexibility index (Phi) is 62.0. The van der Waals surface area contributed by atoms with E-state index in [1.54, 1.807) is 0 Å². The fourth-order valence-corrected chi connectivity index (χ4v) is 10.3. The molecule has 2 unspecified atom stereocenters. The molecule has 74 heavy (non-hydrogen) atoms. The van der Waals surface area contributed by atoms with Crippen LogP contribution >= 0.6 is 0 Å². The van der Waals surface area contributed by atoms with Crippen LogP contribution in [0.4, 0.5) is 0 Å². The Hall–Kier alpha value is -1.92. The molecule has 6 heteroatoms. The van der Waals surface area contributed by atoms with Gasteiger partial charge in [-0.2, -0.15) is 0 Å². The normalized spacial score (nSPS) is 12.8. The highest BCUT2D eigenvalue weighted by Crippen LogP contribution is 2.18. The Morgan fingerprint density at radius 2 is 0.676 bits per heavy atom. The number of hydrogen-bond acceptors (Lipinski definition) is 5. The van der Waals surface area contributed by atoms with Gasteiger partial charge in [-0.15, -0.1) is 0 Å². The highest BCUT2D eigenvalue weighted by atomic mass is 16.5. The summed E-state index contributed by atoms with van der Waals surface area (Å²) in [5, 5.41) is 23.3. The van der Waals surface area contributed by atoms with E-state index in [4.69, 9.17) is 4.74 Å². The maximum Gasteiger partial charge on any atom is 0.305 e. The molecule has 0 bridgehead atoms. The molecule has 3 N–H and O–H groups in total. The quantitative estimate of drug-likeness (QED) is 0.0320. The fourth-order valence-electron chi connectivity index (χ4n) is 10.3. The number of rotatable bonds is 62. The monoisotopic (exact) mass is 1040 g/mol. The summed E-state index contributed by atoms with van der Waals surface area (Å²) in [5.41, 5.74) is 0. The molecule has 0 aromatic carbocycles. The number of aliphatic hydroxyl groups is 2. The molecule has 0 saturated heterocycles. The maximum absolute atomic E-state index is 12.5. The van der Waals surface area contributed by atoms with Crippen LogP contribution in [0.25, 0.3) is 0 Å². The predicted molar refractivity (Wildman–Crippen MR) is 324 cm³/mol. The second-order valence-corrected chi connectivity index (χ2v) is 22.8. The van der Waals surface area contributed by atoms with Gasteiger partial charge in [0.15, 0.2) is 0 Å². The molecule has 0 fully saturated rings. The van der Waals surface area contributed by atoms with Gasteiger partial charge in [-0.3, -0.25) is 9.59 Å². The lowest BCUT2D eigenvalue weighted by Gasteiger charge is -2.22. The minimum absolute atomic E-state index is 0.00640. The summed E-state index contributed by atoms with van der Waals surface area (Å²) < 4.78 is 5.49. The van der Waals surface area contributed by atoms with Gasteiger partial charge in [-0.1, -0.05) is 301 Å². The summed E-state index contributed by atoms with van der Waals surface area (Å²) in [6.45, 7) is 4.96. The third-order valence-corrected chi connectivity index (χ3v) is 15.4. The molecular weight excluding hydrogens is 911 g/mol. The molecule has 2 atom stereocenters. The van der Waals surface area contributed by atoms with Crippen molar-refractivity contribution in [2.75, 3.05) is 13.2 Å². The van der Waals surface area contributed by atoms with Crippen molar-refractivity contribution < 1.29 is 24.5 Å². The van der Waals surface area contributed by atoms with Gasteiger partial charge in [0.2, 0.25) is 5.91 Å². The van der Waals surface area contributed by atoms with E-state index in [9.17, 15) is 19.8 Å². The Labute approximate surface area is 462 Å². The van der Waals surface area contributed by atoms with Crippen molar-refractivity contribution in [2.45, 2.75) is 373 Å². The summed E-state index contributed by atoms with van der Waals surface area (Å²) in [6.07, 6.45) is 80.3. The Balaban J connectivity index is 3.41. The minimum Gasteiger partial charge on any atom is -0.466 e. The van der Waals surface area contributed by atoms with Gasteiger partial charge < -0.3 is 20.3 Å². The molecule has 0 aliphatic rings. The largest absolute Gasteiger partial charge is 0.466 e. The first-order valence-electron chi connectivity index (χ1n) is 33.2. The number of nitrogens with one attached hydrogen (secondary N) is 1. The third kappa shape index (κ3) is 59.3. The highest BCUT2D eigenvalue weighted by molar-refractivity contribution is 5.76. The summed E-state index contributed by atoms with van der Waals surface area (Å²) in [7, 11) is 0. The van der Waals surface area contributed by atoms with E-state index in [2.05, 4.69) is 55.6 Å². The number of hydrogen-bond donors (Lipinski definition) is 3. The first-order valence-corrected chi connectivity index (χ1v) is 33.2. The van der Waals surface area contributed by atoms with E-state index < -0.39 is 12.1 Å². The van der Waals surface area contributed by atoms with Gasteiger partial charge in [0.25, 0.3) is 0 Å². The first-order chi connectivity index (χ1) is 36.5. The number of carbonyl (C=O) groups excluding carboxylic acids is 2. The van der Waals surface area contributed by atoms with Crippen LogP contribution in [0.15, 0.2) is 36.5 Å². The number of ether oxygens (including phenoxy) is 1. The lowest BCUT2D eigenvalue weighted by atomic mass is 10.0. The van der Waals surface area contributed by atoms with Gasteiger partial charge in [0, 0.05) is 12.8 Å². The number of carbonyl (C=O) groups is 2. The lowest BCUT2D eigenvalue weighted by Crippen LogP contribution is -2.45. The smallest absolute Gasteiger partial charge is 0.305 e.